The maximum absolute atomic E-state index is 14.6. The van der Waals surface area contributed by atoms with Crippen LogP contribution >= 0.6 is 11.6 Å². The molecular weight excluding hydrogens is 592 g/mol. The molecule has 1 amide bonds. The van der Waals surface area contributed by atoms with Crippen molar-refractivity contribution in [3.05, 3.63) is 76.2 Å². The van der Waals surface area contributed by atoms with Crippen LogP contribution in [0.25, 0.3) is 11.3 Å². The van der Waals surface area contributed by atoms with Crippen molar-refractivity contribution in [1.29, 1.82) is 5.41 Å². The Morgan fingerprint density at radius 1 is 1.12 bits per heavy atom. The number of ether oxygens (including phenoxy) is 2. The van der Waals surface area contributed by atoms with Gasteiger partial charge in [0.25, 0.3) is 5.91 Å². The highest BCUT2D eigenvalue weighted by molar-refractivity contribution is 6.31. The first-order chi connectivity index (χ1) is 20.0. The summed E-state index contributed by atoms with van der Waals surface area (Å²) in [4.78, 5) is 17.1. The zero-order valence-electron chi connectivity index (χ0n) is 23.8. The number of rotatable bonds is 10. The standard InChI is InChI=1S/C30H31ClF4N4O4/c1-16(36)39-28(2,3)19-13-23(17-5-9-22(32)21(31)11-17)38-26(14-19)29(41,30(33,34)35)15-37-27(40)18-6-10-24(25(12-18)42-4)43-20-7-8-20/h5-6,9-14,20,41H,7-8,15H2,1-4H3,(H2,36,39)(H,37,40). The van der Waals surface area contributed by atoms with Crippen molar-refractivity contribution >= 4 is 23.3 Å². The summed E-state index contributed by atoms with van der Waals surface area (Å²) in [5.74, 6) is -0.960. The highest BCUT2D eigenvalue weighted by Gasteiger charge is 2.56. The molecule has 1 heterocycles. The normalized spacial score (nSPS) is 14.9. The third-order valence-corrected chi connectivity index (χ3v) is 7.19. The molecule has 4 rings (SSSR count). The van der Waals surface area contributed by atoms with E-state index in [9.17, 15) is 27.5 Å². The lowest BCUT2D eigenvalue weighted by Gasteiger charge is -2.33. The summed E-state index contributed by atoms with van der Waals surface area (Å²) in [6, 6.07) is 10.3. The lowest BCUT2D eigenvalue weighted by atomic mass is 9.88. The maximum atomic E-state index is 14.6. The van der Waals surface area contributed by atoms with E-state index in [-0.39, 0.29) is 45.1 Å². The van der Waals surface area contributed by atoms with Crippen LogP contribution in [-0.4, -0.2) is 47.8 Å². The molecule has 0 bridgehead atoms. The van der Waals surface area contributed by atoms with Gasteiger partial charge < -0.3 is 25.2 Å². The Labute approximate surface area is 250 Å². The van der Waals surface area contributed by atoms with Crippen molar-refractivity contribution in [3.8, 4) is 22.8 Å². The smallest absolute Gasteiger partial charge is 0.424 e. The van der Waals surface area contributed by atoms with Crippen LogP contribution in [0.15, 0.2) is 48.5 Å². The Kier molecular flexibility index (Phi) is 8.94. The van der Waals surface area contributed by atoms with Gasteiger partial charge in [-0.3, -0.25) is 10.2 Å². The predicted molar refractivity (Wildman–Crippen MR) is 153 cm³/mol. The Hall–Kier alpha value is -3.90. The molecular formula is C30H31ClF4N4O4. The van der Waals surface area contributed by atoms with Crippen molar-refractivity contribution < 1.29 is 36.9 Å². The quantitative estimate of drug-likeness (QED) is 0.124. The van der Waals surface area contributed by atoms with Crippen molar-refractivity contribution in [2.45, 2.75) is 57.0 Å². The van der Waals surface area contributed by atoms with Gasteiger partial charge in [-0.25, -0.2) is 9.37 Å². The molecule has 0 saturated heterocycles. The van der Waals surface area contributed by atoms with Gasteiger partial charge in [0.15, 0.2) is 11.5 Å². The molecule has 43 heavy (non-hydrogen) atoms. The molecule has 1 fully saturated rings. The molecule has 1 saturated carbocycles. The Morgan fingerprint density at radius 3 is 2.40 bits per heavy atom. The summed E-state index contributed by atoms with van der Waals surface area (Å²) in [6.45, 7) is 3.44. The number of nitrogens with one attached hydrogen (secondary N) is 3. The van der Waals surface area contributed by atoms with Crippen molar-refractivity contribution in [2.75, 3.05) is 13.7 Å². The van der Waals surface area contributed by atoms with Gasteiger partial charge in [0.1, 0.15) is 5.82 Å². The molecule has 1 aliphatic carbocycles. The third-order valence-electron chi connectivity index (χ3n) is 6.90. The summed E-state index contributed by atoms with van der Waals surface area (Å²) in [7, 11) is 1.38. The van der Waals surface area contributed by atoms with Gasteiger partial charge in [-0.2, -0.15) is 13.2 Å². The number of alkyl halides is 3. The molecule has 1 unspecified atom stereocenters. The zero-order chi connectivity index (χ0) is 31.7. The fraction of sp³-hybridized carbons (Fsp3) is 0.367. The van der Waals surface area contributed by atoms with E-state index in [0.717, 1.165) is 25.0 Å². The lowest BCUT2D eigenvalue weighted by molar-refractivity contribution is -0.265. The second-order valence-corrected chi connectivity index (χ2v) is 11.3. The first-order valence-electron chi connectivity index (χ1n) is 13.3. The topological polar surface area (TPSA) is 117 Å². The summed E-state index contributed by atoms with van der Waals surface area (Å²) >= 11 is 5.93. The first-order valence-corrected chi connectivity index (χ1v) is 13.7. The number of nitrogens with zero attached hydrogens (tertiary/aromatic N) is 1. The number of hydrogen-bond donors (Lipinski definition) is 4. The molecule has 0 aliphatic heterocycles. The van der Waals surface area contributed by atoms with Crippen LogP contribution < -0.4 is 20.1 Å². The number of methoxy groups -OCH3 is 1. The van der Waals surface area contributed by atoms with Crippen LogP contribution in [0.3, 0.4) is 0 Å². The van der Waals surface area contributed by atoms with Crippen LogP contribution in [0, 0.1) is 11.2 Å². The predicted octanol–water partition coefficient (Wildman–Crippen LogP) is 6.09. The number of amides is 1. The van der Waals surface area contributed by atoms with E-state index >= 15 is 0 Å². The van der Waals surface area contributed by atoms with Crippen LogP contribution in [0.5, 0.6) is 11.5 Å². The number of aromatic nitrogens is 1. The number of halogens is 5. The highest BCUT2D eigenvalue weighted by atomic mass is 35.5. The Bertz CT molecular complexity index is 1550. The zero-order valence-corrected chi connectivity index (χ0v) is 24.6. The summed E-state index contributed by atoms with van der Waals surface area (Å²) in [5.41, 5.74) is -5.21. The Balaban J connectivity index is 1.73. The van der Waals surface area contributed by atoms with Crippen LogP contribution in [0.4, 0.5) is 17.6 Å². The van der Waals surface area contributed by atoms with Crippen LogP contribution in [0.1, 0.15) is 55.2 Å². The number of carbonyl (C=O) groups is 1. The van der Waals surface area contributed by atoms with E-state index < -0.39 is 41.3 Å². The SMILES string of the molecule is COc1cc(C(=O)NCC(O)(c2cc(C(C)(C)NC(C)=N)cc(-c3ccc(F)c(Cl)c3)n2)C(F)(F)F)ccc1OC1CC1. The average Bonchev–Trinajstić information content (AvgIpc) is 3.75. The summed E-state index contributed by atoms with van der Waals surface area (Å²) in [5, 5.41) is 23.8. The molecule has 2 aromatic carbocycles. The largest absolute Gasteiger partial charge is 0.493 e. The monoisotopic (exact) mass is 622 g/mol. The van der Waals surface area contributed by atoms with Gasteiger partial charge in [0.2, 0.25) is 5.60 Å². The van der Waals surface area contributed by atoms with E-state index in [4.69, 9.17) is 26.5 Å². The lowest BCUT2D eigenvalue weighted by Crippen LogP contribution is -2.52. The molecule has 1 aromatic heterocycles. The average molecular weight is 623 g/mol. The van der Waals surface area contributed by atoms with Gasteiger partial charge in [-0.15, -0.1) is 0 Å². The first kappa shape index (κ1) is 32.0. The molecule has 0 spiro atoms. The second kappa shape index (κ2) is 12.0. The van der Waals surface area contributed by atoms with E-state index in [0.29, 0.717) is 5.75 Å². The third kappa shape index (κ3) is 7.19. The summed E-state index contributed by atoms with van der Waals surface area (Å²) < 4.78 is 68.8. The van der Waals surface area contributed by atoms with Crippen molar-refractivity contribution in [3.63, 3.8) is 0 Å². The molecule has 4 N–H and O–H groups in total. The van der Waals surface area contributed by atoms with Gasteiger partial charge in [-0.1, -0.05) is 11.6 Å². The number of carbonyl (C=O) groups excluding carboxylic acids is 1. The molecule has 0 radical (unpaired) electrons. The molecule has 13 heteroatoms. The second-order valence-electron chi connectivity index (χ2n) is 10.9. The number of pyridine rings is 1. The van der Waals surface area contributed by atoms with E-state index in [1.807, 2.05) is 0 Å². The number of hydrogen-bond acceptors (Lipinski definition) is 6. The van der Waals surface area contributed by atoms with E-state index in [1.165, 1.54) is 50.4 Å². The minimum atomic E-state index is -5.29. The molecule has 1 aliphatic rings. The minimum Gasteiger partial charge on any atom is -0.493 e. The van der Waals surface area contributed by atoms with E-state index in [1.54, 1.807) is 13.8 Å². The van der Waals surface area contributed by atoms with Crippen LogP contribution in [-0.2, 0) is 11.1 Å². The molecule has 8 nitrogen and oxygen atoms in total. The number of aliphatic hydroxyl groups is 1. The molecule has 1 atom stereocenters. The molecule has 3 aromatic rings. The summed E-state index contributed by atoms with van der Waals surface area (Å²) in [6.07, 6.45) is -3.46. The van der Waals surface area contributed by atoms with Gasteiger partial charge >= 0.3 is 6.18 Å². The van der Waals surface area contributed by atoms with Gasteiger partial charge in [0.05, 0.1) is 47.5 Å². The Morgan fingerprint density at radius 2 is 1.81 bits per heavy atom. The van der Waals surface area contributed by atoms with E-state index in [2.05, 4.69) is 15.6 Å². The minimum absolute atomic E-state index is 0.0142. The fourth-order valence-corrected chi connectivity index (χ4v) is 4.55. The number of benzene rings is 2. The molecule has 230 valence electrons. The highest BCUT2D eigenvalue weighted by Crippen LogP contribution is 2.41. The van der Waals surface area contributed by atoms with Crippen molar-refractivity contribution in [1.82, 2.24) is 15.6 Å². The number of amidine groups is 1. The van der Waals surface area contributed by atoms with Gasteiger partial charge in [-0.05, 0) is 87.7 Å². The van der Waals surface area contributed by atoms with Crippen LogP contribution in [0.2, 0.25) is 5.02 Å². The van der Waals surface area contributed by atoms with Gasteiger partial charge in [0, 0.05) is 11.1 Å². The fourth-order valence-electron chi connectivity index (χ4n) is 4.37. The van der Waals surface area contributed by atoms with Crippen molar-refractivity contribution in [2.24, 2.45) is 0 Å². The maximum Gasteiger partial charge on any atom is 0.424 e.